The van der Waals surface area contributed by atoms with Gasteiger partial charge >= 0.3 is 0 Å². The third-order valence-electron chi connectivity index (χ3n) is 5.46. The van der Waals surface area contributed by atoms with E-state index in [-0.39, 0.29) is 12.0 Å². The van der Waals surface area contributed by atoms with E-state index in [1.54, 1.807) is 0 Å². The van der Waals surface area contributed by atoms with Crippen molar-refractivity contribution in [1.82, 2.24) is 9.96 Å². The lowest BCUT2D eigenvalue weighted by Crippen LogP contribution is -2.47. The minimum absolute atomic E-state index is 0.252. The molecule has 3 aliphatic rings. The van der Waals surface area contributed by atoms with Crippen LogP contribution in [0.15, 0.2) is 0 Å². The molecule has 2 aliphatic heterocycles. The van der Waals surface area contributed by atoms with Gasteiger partial charge in [-0.1, -0.05) is 32.1 Å². The summed E-state index contributed by atoms with van der Waals surface area (Å²) in [6.07, 6.45) is 11.1. The summed E-state index contributed by atoms with van der Waals surface area (Å²) in [4.78, 5) is 20.1. The van der Waals surface area contributed by atoms with Gasteiger partial charge in [0.25, 0.3) is 0 Å². The smallest absolute Gasteiger partial charge is 0.224 e. The Hall–Kier alpha value is -0.650. The normalized spacial score (nSPS) is 28.0. The van der Waals surface area contributed by atoms with Gasteiger partial charge in [0.15, 0.2) is 0 Å². The van der Waals surface area contributed by atoms with Crippen LogP contribution in [0.4, 0.5) is 0 Å². The summed E-state index contributed by atoms with van der Waals surface area (Å²) in [5, 5.41) is 1.96. The highest BCUT2D eigenvalue weighted by Gasteiger charge is 2.27. The van der Waals surface area contributed by atoms with E-state index in [0.717, 1.165) is 51.5 Å². The Labute approximate surface area is 140 Å². The predicted octanol–water partition coefficient (Wildman–Crippen LogP) is 2.60. The van der Waals surface area contributed by atoms with Gasteiger partial charge in [-0.05, 0) is 25.2 Å². The number of ether oxygens (including phenoxy) is 1. The molecule has 5 nitrogen and oxygen atoms in total. The summed E-state index contributed by atoms with van der Waals surface area (Å²) >= 11 is 0. The van der Waals surface area contributed by atoms with Gasteiger partial charge in [0, 0.05) is 32.6 Å². The fourth-order valence-electron chi connectivity index (χ4n) is 4.09. The van der Waals surface area contributed by atoms with Crippen molar-refractivity contribution in [2.75, 3.05) is 39.4 Å². The number of nitrogens with zero attached hydrogens (tertiary/aromatic N) is 2. The predicted molar refractivity (Wildman–Crippen MR) is 88.9 cm³/mol. The highest BCUT2D eigenvalue weighted by molar-refractivity contribution is 5.76. The molecule has 1 aliphatic carbocycles. The van der Waals surface area contributed by atoms with Crippen molar-refractivity contribution in [1.29, 1.82) is 0 Å². The first-order chi connectivity index (χ1) is 11.3. The van der Waals surface area contributed by atoms with Crippen LogP contribution in [0.3, 0.4) is 0 Å². The third-order valence-corrected chi connectivity index (χ3v) is 5.46. The van der Waals surface area contributed by atoms with E-state index >= 15 is 0 Å². The highest BCUT2D eigenvalue weighted by Crippen LogP contribution is 2.29. The minimum atomic E-state index is 0.252. The molecule has 1 atom stereocenters. The van der Waals surface area contributed by atoms with Crippen molar-refractivity contribution in [3.63, 3.8) is 0 Å². The number of amides is 1. The Bertz CT molecular complexity index is 365. The monoisotopic (exact) mass is 324 g/mol. The maximum Gasteiger partial charge on any atom is 0.224 e. The molecule has 132 valence electrons. The number of carbonyl (C=O) groups is 1. The quantitative estimate of drug-likeness (QED) is 0.779. The molecule has 1 saturated carbocycles. The molecular weight excluding hydrogens is 292 g/mol. The molecule has 0 N–H and O–H groups in total. The van der Waals surface area contributed by atoms with Crippen LogP contribution in [0.5, 0.6) is 0 Å². The van der Waals surface area contributed by atoms with Crippen LogP contribution in [-0.4, -0.2) is 61.4 Å². The lowest BCUT2D eigenvalue weighted by atomic mass is 9.85. The largest absolute Gasteiger partial charge is 0.375 e. The van der Waals surface area contributed by atoms with Gasteiger partial charge in [-0.2, -0.15) is 5.06 Å². The molecule has 3 fully saturated rings. The van der Waals surface area contributed by atoms with Crippen molar-refractivity contribution < 1.29 is 14.4 Å². The van der Waals surface area contributed by atoms with Crippen LogP contribution in [0.1, 0.15) is 57.8 Å². The van der Waals surface area contributed by atoms with Gasteiger partial charge in [0.05, 0.1) is 19.3 Å². The number of hydroxylamine groups is 2. The molecule has 0 unspecified atom stereocenters. The van der Waals surface area contributed by atoms with Crippen molar-refractivity contribution >= 4 is 5.91 Å². The molecule has 23 heavy (non-hydrogen) atoms. The number of hydrogen-bond donors (Lipinski definition) is 0. The van der Waals surface area contributed by atoms with Crippen LogP contribution >= 0.6 is 0 Å². The lowest BCUT2D eigenvalue weighted by molar-refractivity contribution is -0.183. The van der Waals surface area contributed by atoms with Gasteiger partial charge in [0.1, 0.15) is 0 Å². The molecule has 2 heterocycles. The maximum atomic E-state index is 12.5. The molecule has 0 aromatic heterocycles. The molecule has 2 saturated heterocycles. The fraction of sp³-hybridized carbons (Fsp3) is 0.944. The van der Waals surface area contributed by atoms with Gasteiger partial charge in [0.2, 0.25) is 5.91 Å². The number of hydrogen-bond acceptors (Lipinski definition) is 4. The molecule has 0 radical (unpaired) electrons. The summed E-state index contributed by atoms with van der Waals surface area (Å²) < 4.78 is 5.93. The van der Waals surface area contributed by atoms with Crippen molar-refractivity contribution in [3.05, 3.63) is 0 Å². The Morgan fingerprint density at radius 1 is 1.00 bits per heavy atom. The van der Waals surface area contributed by atoms with Crippen LogP contribution < -0.4 is 0 Å². The van der Waals surface area contributed by atoms with Crippen LogP contribution in [0.25, 0.3) is 0 Å². The van der Waals surface area contributed by atoms with Crippen LogP contribution in [0.2, 0.25) is 0 Å². The first-order valence-corrected chi connectivity index (χ1v) is 9.58. The van der Waals surface area contributed by atoms with Gasteiger partial charge in [-0.3, -0.25) is 9.63 Å². The fourth-order valence-corrected chi connectivity index (χ4v) is 4.09. The molecule has 0 aromatic rings. The van der Waals surface area contributed by atoms with E-state index in [1.165, 1.54) is 38.5 Å². The third kappa shape index (κ3) is 5.44. The van der Waals surface area contributed by atoms with Crippen molar-refractivity contribution in [2.24, 2.45) is 5.92 Å². The summed E-state index contributed by atoms with van der Waals surface area (Å²) in [5.74, 6) is 1.07. The highest BCUT2D eigenvalue weighted by atomic mass is 16.7. The Morgan fingerprint density at radius 3 is 2.65 bits per heavy atom. The van der Waals surface area contributed by atoms with Gasteiger partial charge in [-0.15, -0.1) is 0 Å². The number of carbonyl (C=O) groups excluding carboxylic acids is 1. The Kier molecular flexibility index (Phi) is 6.72. The SMILES string of the molecule is O=C(CCN1CCCCO1)N1CCO[C@@H](CC2CCCCC2)C1. The topological polar surface area (TPSA) is 42.0 Å². The second-order valence-electron chi connectivity index (χ2n) is 7.29. The average Bonchev–Trinajstić information content (AvgIpc) is 2.62. The molecular formula is C18H32N2O3. The lowest BCUT2D eigenvalue weighted by Gasteiger charge is -2.36. The Balaban J connectivity index is 1.39. The maximum absolute atomic E-state index is 12.5. The molecule has 0 bridgehead atoms. The first-order valence-electron chi connectivity index (χ1n) is 9.58. The number of morpholine rings is 1. The van der Waals surface area contributed by atoms with E-state index in [9.17, 15) is 4.79 Å². The summed E-state index contributed by atoms with van der Waals surface area (Å²) in [6, 6.07) is 0. The summed E-state index contributed by atoms with van der Waals surface area (Å²) in [6.45, 7) is 4.72. The van der Waals surface area contributed by atoms with Crippen molar-refractivity contribution in [2.45, 2.75) is 63.9 Å². The standard InChI is InChI=1S/C18H32N2O3/c21-18(8-10-20-9-4-5-12-23-20)19-11-13-22-17(15-19)14-16-6-2-1-3-7-16/h16-17H,1-15H2/t17-/m0/s1. The van der Waals surface area contributed by atoms with E-state index < -0.39 is 0 Å². The summed E-state index contributed by atoms with van der Waals surface area (Å²) in [5.41, 5.74) is 0. The minimum Gasteiger partial charge on any atom is -0.375 e. The number of rotatable bonds is 5. The van der Waals surface area contributed by atoms with Crippen molar-refractivity contribution in [3.8, 4) is 0 Å². The Morgan fingerprint density at radius 2 is 1.87 bits per heavy atom. The molecule has 5 heteroatoms. The zero-order chi connectivity index (χ0) is 15.9. The van der Waals surface area contributed by atoms with Gasteiger partial charge < -0.3 is 9.64 Å². The van der Waals surface area contributed by atoms with Gasteiger partial charge in [-0.25, -0.2) is 0 Å². The van der Waals surface area contributed by atoms with E-state index in [4.69, 9.17) is 9.57 Å². The van der Waals surface area contributed by atoms with Crippen LogP contribution in [-0.2, 0) is 14.4 Å². The second kappa shape index (κ2) is 9.00. The average molecular weight is 324 g/mol. The van der Waals surface area contributed by atoms with E-state index in [2.05, 4.69) is 0 Å². The summed E-state index contributed by atoms with van der Waals surface area (Å²) in [7, 11) is 0. The molecule has 0 spiro atoms. The molecule has 3 rings (SSSR count). The molecule has 0 aromatic carbocycles. The second-order valence-corrected chi connectivity index (χ2v) is 7.29. The van der Waals surface area contributed by atoms with E-state index in [0.29, 0.717) is 13.0 Å². The van der Waals surface area contributed by atoms with Crippen LogP contribution in [0, 0.1) is 5.92 Å². The molecule has 1 amide bonds. The zero-order valence-electron chi connectivity index (χ0n) is 14.4. The zero-order valence-corrected chi connectivity index (χ0v) is 14.4. The first kappa shape index (κ1) is 17.2. The van der Waals surface area contributed by atoms with E-state index in [1.807, 2.05) is 9.96 Å².